The number of fused-ring (bicyclic) bond motifs is 5. The molecule has 0 aliphatic heterocycles. The molecule has 1 heteroatoms. The van der Waals surface area contributed by atoms with E-state index in [1.54, 1.807) is 0 Å². The van der Waals surface area contributed by atoms with Gasteiger partial charge in [-0.25, -0.2) is 0 Å². The van der Waals surface area contributed by atoms with Crippen LogP contribution in [-0.2, 0) is 6.42 Å². The van der Waals surface area contributed by atoms with E-state index in [-0.39, 0.29) is 0 Å². The summed E-state index contributed by atoms with van der Waals surface area (Å²) in [6.45, 7) is 0. The Balaban J connectivity index is 1.96. The van der Waals surface area contributed by atoms with Gasteiger partial charge < -0.3 is 0 Å². The van der Waals surface area contributed by atoms with Gasteiger partial charge in [0.15, 0.2) is 0 Å². The average molecular weight is 233 g/mol. The lowest BCUT2D eigenvalue weighted by Gasteiger charge is -2.31. The van der Waals surface area contributed by atoms with E-state index in [1.165, 1.54) is 28.5 Å². The number of benzene rings is 1. The number of allylic oxidation sites excluding steroid dienone is 4. The number of nitrogens with zero attached hydrogens (tertiary/aromatic N) is 1. The fourth-order valence-corrected chi connectivity index (χ4v) is 3.32. The first-order valence-corrected chi connectivity index (χ1v) is 6.65. The Morgan fingerprint density at radius 3 is 2.94 bits per heavy atom. The van der Waals surface area contributed by atoms with Gasteiger partial charge in [0.05, 0.1) is 5.69 Å². The molecule has 2 unspecified atom stereocenters. The van der Waals surface area contributed by atoms with Crippen molar-refractivity contribution in [1.82, 2.24) is 4.98 Å². The molecule has 2 atom stereocenters. The van der Waals surface area contributed by atoms with Crippen LogP contribution in [0.1, 0.15) is 23.6 Å². The van der Waals surface area contributed by atoms with Gasteiger partial charge in [0.2, 0.25) is 0 Å². The molecule has 2 aliphatic rings. The van der Waals surface area contributed by atoms with Crippen LogP contribution >= 0.6 is 0 Å². The maximum Gasteiger partial charge on any atom is 0.0516 e. The van der Waals surface area contributed by atoms with E-state index in [0.29, 0.717) is 11.8 Å². The molecule has 0 fully saturated rings. The van der Waals surface area contributed by atoms with E-state index >= 15 is 0 Å². The predicted molar refractivity (Wildman–Crippen MR) is 74.6 cm³/mol. The molecule has 0 N–H and O–H groups in total. The van der Waals surface area contributed by atoms with E-state index in [0.717, 1.165) is 6.42 Å². The number of aryl methyl sites for hydroxylation is 1. The van der Waals surface area contributed by atoms with Gasteiger partial charge in [-0.3, -0.25) is 4.98 Å². The van der Waals surface area contributed by atoms with Crippen molar-refractivity contribution >= 4 is 10.8 Å². The second-order valence-corrected chi connectivity index (χ2v) is 5.21. The van der Waals surface area contributed by atoms with E-state index in [1.807, 2.05) is 6.20 Å². The highest BCUT2D eigenvalue weighted by atomic mass is 14.7. The monoisotopic (exact) mass is 233 g/mol. The number of aromatic nitrogens is 1. The standard InChI is InChI=1S/C17H15N/c1-4-8-15-12(5-1)9-10-16-14-7-3-2-6-13(14)11-18-17(15)16/h1-8,11-12,15H,9-10H2. The van der Waals surface area contributed by atoms with E-state index in [2.05, 4.69) is 48.6 Å². The Kier molecular flexibility index (Phi) is 2.13. The maximum atomic E-state index is 4.75. The van der Waals surface area contributed by atoms with Crippen LogP contribution in [0.15, 0.2) is 54.8 Å². The summed E-state index contributed by atoms with van der Waals surface area (Å²) in [6.07, 6.45) is 13.4. The number of rotatable bonds is 0. The van der Waals surface area contributed by atoms with Gasteiger partial charge >= 0.3 is 0 Å². The van der Waals surface area contributed by atoms with Crippen LogP contribution in [0.2, 0.25) is 0 Å². The van der Waals surface area contributed by atoms with E-state index in [4.69, 9.17) is 4.98 Å². The van der Waals surface area contributed by atoms with Crippen molar-refractivity contribution in [3.05, 3.63) is 66.0 Å². The molecule has 2 aliphatic carbocycles. The highest BCUT2D eigenvalue weighted by molar-refractivity contribution is 5.86. The SMILES string of the molecule is C1=CC2CCc3c(ncc4ccccc34)C2C=C1. The largest absolute Gasteiger partial charge is 0.260 e. The third-order valence-electron chi connectivity index (χ3n) is 4.23. The molecule has 0 amide bonds. The fourth-order valence-electron chi connectivity index (χ4n) is 3.32. The third kappa shape index (κ3) is 1.37. The van der Waals surface area contributed by atoms with Crippen molar-refractivity contribution in [3.8, 4) is 0 Å². The zero-order valence-electron chi connectivity index (χ0n) is 10.2. The fraction of sp³-hybridized carbons (Fsp3) is 0.235. The second kappa shape index (κ2) is 3.81. The Hall–Kier alpha value is -1.89. The summed E-state index contributed by atoms with van der Waals surface area (Å²) in [5.41, 5.74) is 2.76. The van der Waals surface area contributed by atoms with Gasteiger partial charge in [0, 0.05) is 17.5 Å². The number of hydrogen-bond acceptors (Lipinski definition) is 1. The topological polar surface area (TPSA) is 12.9 Å². The molecule has 0 saturated heterocycles. The van der Waals surface area contributed by atoms with E-state index in [9.17, 15) is 0 Å². The van der Waals surface area contributed by atoms with Crippen LogP contribution in [0.25, 0.3) is 10.8 Å². The second-order valence-electron chi connectivity index (χ2n) is 5.21. The molecule has 2 aromatic rings. The highest BCUT2D eigenvalue weighted by Gasteiger charge is 2.29. The summed E-state index contributed by atoms with van der Waals surface area (Å²) in [5, 5.41) is 2.66. The van der Waals surface area contributed by atoms with Crippen LogP contribution in [-0.4, -0.2) is 4.98 Å². The molecule has 1 heterocycles. The van der Waals surface area contributed by atoms with Gasteiger partial charge in [-0.15, -0.1) is 0 Å². The molecule has 0 spiro atoms. The molecule has 0 bridgehead atoms. The quantitative estimate of drug-likeness (QED) is 0.670. The molecule has 88 valence electrons. The lowest BCUT2D eigenvalue weighted by Crippen LogP contribution is -2.20. The Labute approximate surface area is 107 Å². The Bertz CT molecular complexity index is 666. The van der Waals surface area contributed by atoms with Crippen molar-refractivity contribution in [1.29, 1.82) is 0 Å². The lowest BCUT2D eigenvalue weighted by molar-refractivity contribution is 0.490. The summed E-state index contributed by atoms with van der Waals surface area (Å²) in [6, 6.07) is 8.61. The average Bonchev–Trinajstić information content (AvgIpc) is 2.46. The van der Waals surface area contributed by atoms with Crippen molar-refractivity contribution in [2.24, 2.45) is 5.92 Å². The maximum absolute atomic E-state index is 4.75. The van der Waals surface area contributed by atoms with Crippen LogP contribution < -0.4 is 0 Å². The molecule has 1 nitrogen and oxygen atoms in total. The molecule has 1 aromatic heterocycles. The van der Waals surface area contributed by atoms with Crippen LogP contribution in [0, 0.1) is 5.92 Å². The zero-order valence-corrected chi connectivity index (χ0v) is 10.2. The summed E-state index contributed by atoms with van der Waals surface area (Å²) in [4.78, 5) is 4.75. The predicted octanol–water partition coefficient (Wildman–Crippen LogP) is 4.01. The summed E-state index contributed by atoms with van der Waals surface area (Å²) < 4.78 is 0. The lowest BCUT2D eigenvalue weighted by atomic mass is 9.75. The highest BCUT2D eigenvalue weighted by Crippen LogP contribution is 2.40. The molecule has 18 heavy (non-hydrogen) atoms. The van der Waals surface area contributed by atoms with Crippen molar-refractivity contribution in [2.75, 3.05) is 0 Å². The van der Waals surface area contributed by atoms with Crippen molar-refractivity contribution in [3.63, 3.8) is 0 Å². The Morgan fingerprint density at radius 2 is 1.94 bits per heavy atom. The first-order chi connectivity index (χ1) is 8.93. The molecule has 4 rings (SSSR count). The Morgan fingerprint density at radius 1 is 1.06 bits per heavy atom. The minimum atomic E-state index is 0.489. The minimum Gasteiger partial charge on any atom is -0.260 e. The molecule has 0 radical (unpaired) electrons. The smallest absolute Gasteiger partial charge is 0.0516 e. The molecule has 0 saturated carbocycles. The van der Waals surface area contributed by atoms with Crippen LogP contribution in [0.5, 0.6) is 0 Å². The number of pyridine rings is 1. The normalized spacial score (nSPS) is 24.9. The first-order valence-electron chi connectivity index (χ1n) is 6.65. The van der Waals surface area contributed by atoms with Crippen molar-refractivity contribution < 1.29 is 0 Å². The summed E-state index contributed by atoms with van der Waals surface area (Å²) >= 11 is 0. The third-order valence-corrected chi connectivity index (χ3v) is 4.23. The van der Waals surface area contributed by atoms with Gasteiger partial charge in [-0.2, -0.15) is 0 Å². The van der Waals surface area contributed by atoms with Gasteiger partial charge in [0.25, 0.3) is 0 Å². The first kappa shape index (κ1) is 10.1. The summed E-state index contributed by atoms with van der Waals surface area (Å²) in [7, 11) is 0. The minimum absolute atomic E-state index is 0.489. The van der Waals surface area contributed by atoms with Crippen molar-refractivity contribution in [2.45, 2.75) is 18.8 Å². The van der Waals surface area contributed by atoms with Gasteiger partial charge in [0.1, 0.15) is 0 Å². The summed E-state index contributed by atoms with van der Waals surface area (Å²) in [5.74, 6) is 1.14. The number of hydrogen-bond donors (Lipinski definition) is 0. The van der Waals surface area contributed by atoms with Crippen LogP contribution in [0.3, 0.4) is 0 Å². The molecule has 1 aromatic carbocycles. The van der Waals surface area contributed by atoms with Crippen LogP contribution in [0.4, 0.5) is 0 Å². The van der Waals surface area contributed by atoms with Gasteiger partial charge in [-0.05, 0) is 29.7 Å². The zero-order chi connectivity index (χ0) is 11.9. The molecular weight excluding hydrogens is 218 g/mol. The molecular formula is C17H15N. The van der Waals surface area contributed by atoms with E-state index < -0.39 is 0 Å². The van der Waals surface area contributed by atoms with Gasteiger partial charge in [-0.1, -0.05) is 48.6 Å².